The van der Waals surface area contributed by atoms with Crippen molar-refractivity contribution in [2.24, 2.45) is 0 Å². The van der Waals surface area contributed by atoms with Gasteiger partial charge in [-0.1, -0.05) is 12.1 Å². The van der Waals surface area contributed by atoms with Gasteiger partial charge in [0.2, 0.25) is 0 Å². The van der Waals surface area contributed by atoms with E-state index in [1.54, 1.807) is 7.11 Å². The molecule has 1 atom stereocenters. The lowest BCUT2D eigenvalue weighted by atomic mass is 10.1. The second kappa shape index (κ2) is 9.23. The van der Waals surface area contributed by atoms with Crippen molar-refractivity contribution in [3.63, 3.8) is 0 Å². The number of aliphatic hydroxyl groups is 1. The normalized spacial score (nSPS) is 12.4. The first-order valence-electron chi connectivity index (χ1n) is 6.75. The average Bonchev–Trinajstić information content (AvgIpc) is 2.42. The van der Waals surface area contributed by atoms with E-state index in [1.807, 2.05) is 11.8 Å². The van der Waals surface area contributed by atoms with Gasteiger partial charge in [0.05, 0.1) is 7.11 Å². The van der Waals surface area contributed by atoms with E-state index < -0.39 is 0 Å². The lowest BCUT2D eigenvalue weighted by molar-refractivity contribution is 0.296. The minimum atomic E-state index is 0.286. The topological polar surface area (TPSA) is 41.5 Å². The molecule has 0 aliphatic heterocycles. The van der Waals surface area contributed by atoms with Crippen LogP contribution >= 0.6 is 11.8 Å². The van der Waals surface area contributed by atoms with Crippen LogP contribution in [0.25, 0.3) is 0 Å². The van der Waals surface area contributed by atoms with Crippen LogP contribution in [-0.4, -0.2) is 36.9 Å². The number of hydrogen-bond acceptors (Lipinski definition) is 4. The summed E-state index contributed by atoms with van der Waals surface area (Å²) in [5.74, 6) is 3.05. The molecule has 1 rings (SSSR count). The van der Waals surface area contributed by atoms with Gasteiger partial charge in [-0.05, 0) is 37.7 Å². The highest BCUT2D eigenvalue weighted by molar-refractivity contribution is 7.99. The number of hydrogen-bond donors (Lipinski definition) is 2. The molecule has 1 unspecified atom stereocenters. The lowest BCUT2D eigenvalue weighted by Crippen LogP contribution is -2.22. The summed E-state index contributed by atoms with van der Waals surface area (Å²) >= 11 is 1.87. The van der Waals surface area contributed by atoms with Gasteiger partial charge in [0, 0.05) is 30.5 Å². The van der Waals surface area contributed by atoms with E-state index >= 15 is 0 Å². The molecule has 2 N–H and O–H groups in total. The van der Waals surface area contributed by atoms with Crippen molar-refractivity contribution < 1.29 is 9.84 Å². The fraction of sp³-hybridized carbons (Fsp3) is 0.600. The summed E-state index contributed by atoms with van der Waals surface area (Å²) in [6.45, 7) is 5.49. The molecular weight excluding hydrogens is 258 g/mol. The highest BCUT2D eigenvalue weighted by Gasteiger charge is 2.10. The molecule has 108 valence electrons. The van der Waals surface area contributed by atoms with E-state index in [0.29, 0.717) is 0 Å². The zero-order chi connectivity index (χ0) is 14.1. The maximum absolute atomic E-state index is 8.70. The predicted molar refractivity (Wildman–Crippen MR) is 83.2 cm³/mol. The molecule has 1 aromatic rings. The molecule has 0 saturated carbocycles. The second-order valence-corrected chi connectivity index (χ2v) is 5.84. The standard InChI is InChI=1S/C15H25NO2S/c1-12-5-6-14(15(11-12)18-3)13(2)16-7-10-19-9-4-8-17/h5-6,11,13,16-17H,4,7-10H2,1-3H3. The van der Waals surface area contributed by atoms with Crippen molar-refractivity contribution in [3.8, 4) is 5.75 Å². The van der Waals surface area contributed by atoms with E-state index in [-0.39, 0.29) is 12.6 Å². The molecule has 0 fully saturated rings. The predicted octanol–water partition coefficient (Wildman–Crippen LogP) is 2.77. The van der Waals surface area contributed by atoms with Crippen LogP contribution < -0.4 is 10.1 Å². The molecule has 0 aliphatic rings. The van der Waals surface area contributed by atoms with Crippen LogP contribution in [0.2, 0.25) is 0 Å². The number of methoxy groups -OCH3 is 1. The second-order valence-electron chi connectivity index (χ2n) is 4.61. The Morgan fingerprint density at radius 1 is 1.37 bits per heavy atom. The third-order valence-electron chi connectivity index (χ3n) is 3.00. The number of aliphatic hydroxyl groups excluding tert-OH is 1. The Morgan fingerprint density at radius 3 is 2.84 bits per heavy atom. The highest BCUT2D eigenvalue weighted by Crippen LogP contribution is 2.25. The van der Waals surface area contributed by atoms with Crippen molar-refractivity contribution in [3.05, 3.63) is 29.3 Å². The zero-order valence-corrected chi connectivity index (χ0v) is 12.9. The molecule has 0 aliphatic carbocycles. The van der Waals surface area contributed by atoms with Gasteiger partial charge in [0.1, 0.15) is 5.75 Å². The molecular formula is C15H25NO2S. The van der Waals surface area contributed by atoms with Crippen LogP contribution in [0.5, 0.6) is 5.75 Å². The largest absolute Gasteiger partial charge is 0.496 e. The summed E-state index contributed by atoms with van der Waals surface area (Å²) in [5.41, 5.74) is 2.42. The number of benzene rings is 1. The first-order valence-corrected chi connectivity index (χ1v) is 7.91. The molecule has 4 heteroatoms. The van der Waals surface area contributed by atoms with E-state index in [1.165, 1.54) is 11.1 Å². The van der Waals surface area contributed by atoms with E-state index in [9.17, 15) is 0 Å². The Hall–Kier alpha value is -0.710. The maximum Gasteiger partial charge on any atom is 0.123 e. The first kappa shape index (κ1) is 16.3. The van der Waals surface area contributed by atoms with Gasteiger partial charge in [-0.25, -0.2) is 0 Å². The molecule has 0 heterocycles. The lowest BCUT2D eigenvalue weighted by Gasteiger charge is -2.17. The summed E-state index contributed by atoms with van der Waals surface area (Å²) < 4.78 is 5.43. The minimum absolute atomic E-state index is 0.286. The average molecular weight is 283 g/mol. The molecule has 0 bridgehead atoms. The van der Waals surface area contributed by atoms with Gasteiger partial charge in [0.15, 0.2) is 0 Å². The molecule has 0 radical (unpaired) electrons. The Morgan fingerprint density at radius 2 is 2.16 bits per heavy atom. The molecule has 0 amide bonds. The summed E-state index contributed by atoms with van der Waals surface area (Å²) in [7, 11) is 1.72. The Labute approximate surface area is 120 Å². The van der Waals surface area contributed by atoms with Crippen molar-refractivity contribution in [2.45, 2.75) is 26.3 Å². The molecule has 0 spiro atoms. The zero-order valence-electron chi connectivity index (χ0n) is 12.1. The van der Waals surface area contributed by atoms with Crippen molar-refractivity contribution in [2.75, 3.05) is 31.8 Å². The van der Waals surface area contributed by atoms with Crippen LogP contribution in [0.4, 0.5) is 0 Å². The van der Waals surface area contributed by atoms with Crippen molar-refractivity contribution in [1.82, 2.24) is 5.32 Å². The SMILES string of the molecule is COc1cc(C)ccc1C(C)NCCSCCCO. The maximum atomic E-state index is 8.70. The highest BCUT2D eigenvalue weighted by atomic mass is 32.2. The Bertz CT molecular complexity index is 371. The van der Waals surface area contributed by atoms with Crippen molar-refractivity contribution in [1.29, 1.82) is 0 Å². The van der Waals surface area contributed by atoms with Gasteiger partial charge in [-0.15, -0.1) is 0 Å². The van der Waals surface area contributed by atoms with Crippen LogP contribution in [0, 0.1) is 6.92 Å². The summed E-state index contributed by atoms with van der Waals surface area (Å²) in [6, 6.07) is 6.61. The van der Waals surface area contributed by atoms with Gasteiger partial charge in [0.25, 0.3) is 0 Å². The van der Waals surface area contributed by atoms with Gasteiger partial charge in [-0.2, -0.15) is 11.8 Å². The van der Waals surface area contributed by atoms with Gasteiger partial charge < -0.3 is 15.2 Å². The minimum Gasteiger partial charge on any atom is -0.496 e. The number of nitrogens with one attached hydrogen (secondary N) is 1. The molecule has 0 saturated heterocycles. The van der Waals surface area contributed by atoms with Crippen LogP contribution in [0.3, 0.4) is 0 Å². The number of rotatable bonds is 9. The summed E-state index contributed by atoms with van der Waals surface area (Å²) in [6.07, 6.45) is 0.881. The number of thioether (sulfide) groups is 1. The third-order valence-corrected chi connectivity index (χ3v) is 4.07. The summed E-state index contributed by atoms with van der Waals surface area (Å²) in [5, 5.41) is 12.2. The van der Waals surface area contributed by atoms with E-state index in [0.717, 1.165) is 30.2 Å². The Kier molecular flexibility index (Phi) is 7.94. The van der Waals surface area contributed by atoms with Crippen molar-refractivity contribution >= 4 is 11.8 Å². The summed E-state index contributed by atoms with van der Waals surface area (Å²) in [4.78, 5) is 0. The van der Waals surface area contributed by atoms with E-state index in [4.69, 9.17) is 9.84 Å². The third kappa shape index (κ3) is 5.85. The number of aryl methyl sites for hydroxylation is 1. The smallest absolute Gasteiger partial charge is 0.123 e. The molecule has 1 aromatic carbocycles. The fourth-order valence-electron chi connectivity index (χ4n) is 1.90. The Balaban J connectivity index is 2.38. The number of ether oxygens (including phenoxy) is 1. The van der Waals surface area contributed by atoms with Crippen LogP contribution in [-0.2, 0) is 0 Å². The van der Waals surface area contributed by atoms with Crippen LogP contribution in [0.15, 0.2) is 18.2 Å². The molecule has 19 heavy (non-hydrogen) atoms. The first-order chi connectivity index (χ1) is 9.19. The van der Waals surface area contributed by atoms with Gasteiger partial charge in [-0.3, -0.25) is 0 Å². The quantitative estimate of drug-likeness (QED) is 0.684. The fourth-order valence-corrected chi connectivity index (χ4v) is 2.70. The monoisotopic (exact) mass is 283 g/mol. The van der Waals surface area contributed by atoms with Gasteiger partial charge >= 0.3 is 0 Å². The van der Waals surface area contributed by atoms with Crippen LogP contribution in [0.1, 0.15) is 30.5 Å². The van der Waals surface area contributed by atoms with E-state index in [2.05, 4.69) is 37.4 Å². The molecule has 0 aromatic heterocycles. The molecule has 3 nitrogen and oxygen atoms in total.